The number of carbonyl (C=O) groups excluding carboxylic acids is 2. The number of rotatable bonds is 4. The molecule has 6 heteroatoms. The maximum atomic E-state index is 12.4. The molecule has 0 unspecified atom stereocenters. The lowest BCUT2D eigenvalue weighted by atomic mass is 10.1. The summed E-state index contributed by atoms with van der Waals surface area (Å²) in [6.07, 6.45) is -1.26. The number of anilines is 1. The van der Waals surface area contributed by atoms with Gasteiger partial charge in [-0.1, -0.05) is 30.3 Å². The van der Waals surface area contributed by atoms with Crippen molar-refractivity contribution >= 4 is 17.5 Å². The zero-order valence-electron chi connectivity index (χ0n) is 15.0. The van der Waals surface area contributed by atoms with Crippen molar-refractivity contribution in [1.82, 2.24) is 5.32 Å². The molecule has 0 radical (unpaired) electrons. The van der Waals surface area contributed by atoms with Gasteiger partial charge >= 0.3 is 0 Å². The Balaban J connectivity index is 1.58. The molecule has 0 aromatic heterocycles. The van der Waals surface area contributed by atoms with Gasteiger partial charge in [0, 0.05) is 5.69 Å². The Labute approximate surface area is 152 Å². The number of ether oxygens (including phenoxy) is 2. The van der Waals surface area contributed by atoms with Gasteiger partial charge in [-0.15, -0.1) is 0 Å². The van der Waals surface area contributed by atoms with Crippen molar-refractivity contribution in [3.8, 4) is 11.5 Å². The average molecular weight is 354 g/mol. The van der Waals surface area contributed by atoms with Crippen LogP contribution in [0.1, 0.15) is 18.1 Å². The lowest BCUT2D eigenvalue weighted by molar-refractivity contribution is -0.134. The van der Waals surface area contributed by atoms with Gasteiger partial charge in [0.25, 0.3) is 5.91 Å². The monoisotopic (exact) mass is 354 g/mol. The third-order valence-corrected chi connectivity index (χ3v) is 4.27. The molecular weight excluding hydrogens is 332 g/mol. The lowest BCUT2D eigenvalue weighted by Crippen LogP contribution is -2.50. The second kappa shape index (κ2) is 7.47. The second-order valence-corrected chi connectivity index (χ2v) is 6.34. The van der Waals surface area contributed by atoms with Crippen LogP contribution in [0.5, 0.6) is 11.5 Å². The number of para-hydroxylation sites is 3. The molecule has 0 bridgehead atoms. The Kier molecular flexibility index (Phi) is 5.11. The summed E-state index contributed by atoms with van der Waals surface area (Å²) in [4.78, 5) is 24.6. The predicted octanol–water partition coefficient (Wildman–Crippen LogP) is 2.59. The molecule has 0 fully saturated rings. The molecule has 0 saturated heterocycles. The highest BCUT2D eigenvalue weighted by Gasteiger charge is 2.34. The van der Waals surface area contributed by atoms with E-state index in [9.17, 15) is 9.59 Å². The van der Waals surface area contributed by atoms with Crippen molar-refractivity contribution in [2.45, 2.75) is 33.0 Å². The Bertz CT molecular complexity index is 814. The van der Waals surface area contributed by atoms with Gasteiger partial charge in [-0.25, -0.2) is 0 Å². The van der Waals surface area contributed by atoms with Crippen LogP contribution < -0.4 is 20.1 Å². The minimum Gasteiger partial charge on any atom is -0.482 e. The van der Waals surface area contributed by atoms with Crippen LogP contribution in [0.4, 0.5) is 5.69 Å². The maximum Gasteiger partial charge on any atom is 0.265 e. The fraction of sp³-hybridized carbons (Fsp3) is 0.300. The van der Waals surface area contributed by atoms with E-state index in [1.807, 2.05) is 44.2 Å². The van der Waals surface area contributed by atoms with E-state index in [4.69, 9.17) is 9.47 Å². The molecule has 1 aliphatic heterocycles. The van der Waals surface area contributed by atoms with Crippen molar-refractivity contribution in [2.24, 2.45) is 0 Å². The summed E-state index contributed by atoms with van der Waals surface area (Å²) in [6.45, 7) is 5.47. The van der Waals surface area contributed by atoms with Crippen LogP contribution in [0.3, 0.4) is 0 Å². The summed E-state index contributed by atoms with van der Waals surface area (Å²) in [7, 11) is 0. The third kappa shape index (κ3) is 3.79. The molecule has 1 aliphatic rings. The molecule has 2 atom stereocenters. The maximum absolute atomic E-state index is 12.4. The standard InChI is InChI=1S/C20H22N2O4/c1-12-7-6-8-13(2)18(12)22-17(23)11-21-20(24)19-14(3)25-15-9-4-5-10-16(15)26-19/h4-10,14,19H,11H2,1-3H3,(H,21,24)(H,22,23)/t14-,19+/m0/s1. The average Bonchev–Trinajstić information content (AvgIpc) is 2.62. The summed E-state index contributed by atoms with van der Waals surface area (Å²) in [5.74, 6) is 0.451. The number of nitrogens with one attached hydrogen (secondary N) is 2. The highest BCUT2D eigenvalue weighted by atomic mass is 16.6. The smallest absolute Gasteiger partial charge is 0.265 e. The first kappa shape index (κ1) is 17.8. The minimum atomic E-state index is -0.808. The van der Waals surface area contributed by atoms with Gasteiger partial charge < -0.3 is 20.1 Å². The van der Waals surface area contributed by atoms with Gasteiger partial charge in [0.1, 0.15) is 6.10 Å². The molecular formula is C20H22N2O4. The summed E-state index contributed by atoms with van der Waals surface area (Å²) >= 11 is 0. The largest absolute Gasteiger partial charge is 0.482 e. The summed E-state index contributed by atoms with van der Waals surface area (Å²) in [5.41, 5.74) is 2.71. The molecule has 0 saturated carbocycles. The van der Waals surface area contributed by atoms with E-state index < -0.39 is 12.2 Å². The van der Waals surface area contributed by atoms with Crippen molar-refractivity contribution in [2.75, 3.05) is 11.9 Å². The fourth-order valence-electron chi connectivity index (χ4n) is 2.87. The number of carbonyl (C=O) groups is 2. The van der Waals surface area contributed by atoms with E-state index in [2.05, 4.69) is 10.6 Å². The van der Waals surface area contributed by atoms with Crippen LogP contribution in [0.25, 0.3) is 0 Å². The molecule has 0 spiro atoms. The van der Waals surface area contributed by atoms with E-state index >= 15 is 0 Å². The Morgan fingerprint density at radius 2 is 1.58 bits per heavy atom. The van der Waals surface area contributed by atoms with E-state index in [1.165, 1.54) is 0 Å². The lowest BCUT2D eigenvalue weighted by Gasteiger charge is -2.30. The Hall–Kier alpha value is -3.02. The number of hydrogen-bond acceptors (Lipinski definition) is 4. The molecule has 2 N–H and O–H groups in total. The third-order valence-electron chi connectivity index (χ3n) is 4.27. The molecule has 2 aromatic rings. The number of benzene rings is 2. The van der Waals surface area contributed by atoms with Crippen LogP contribution in [0, 0.1) is 13.8 Å². The van der Waals surface area contributed by atoms with E-state index in [0.717, 1.165) is 16.8 Å². The topological polar surface area (TPSA) is 76.7 Å². The van der Waals surface area contributed by atoms with Crippen molar-refractivity contribution in [1.29, 1.82) is 0 Å². The van der Waals surface area contributed by atoms with Gasteiger partial charge in [0.15, 0.2) is 11.5 Å². The van der Waals surface area contributed by atoms with Crippen LogP contribution in [-0.4, -0.2) is 30.6 Å². The number of amides is 2. The number of hydrogen-bond donors (Lipinski definition) is 2. The Morgan fingerprint density at radius 1 is 0.962 bits per heavy atom. The molecule has 26 heavy (non-hydrogen) atoms. The zero-order valence-corrected chi connectivity index (χ0v) is 15.0. The van der Waals surface area contributed by atoms with Crippen LogP contribution >= 0.6 is 0 Å². The molecule has 2 amide bonds. The normalized spacial score (nSPS) is 18.1. The quantitative estimate of drug-likeness (QED) is 0.885. The summed E-state index contributed by atoms with van der Waals surface area (Å²) in [5, 5.41) is 5.45. The highest BCUT2D eigenvalue weighted by molar-refractivity contribution is 5.96. The van der Waals surface area contributed by atoms with Crippen LogP contribution in [0.2, 0.25) is 0 Å². The molecule has 2 aromatic carbocycles. The summed E-state index contributed by atoms with van der Waals surface area (Å²) < 4.78 is 11.4. The highest BCUT2D eigenvalue weighted by Crippen LogP contribution is 2.33. The molecule has 6 nitrogen and oxygen atoms in total. The van der Waals surface area contributed by atoms with Gasteiger partial charge in [-0.3, -0.25) is 9.59 Å². The molecule has 0 aliphatic carbocycles. The molecule has 3 rings (SSSR count). The van der Waals surface area contributed by atoms with Gasteiger partial charge in [0.05, 0.1) is 6.54 Å². The Morgan fingerprint density at radius 3 is 2.23 bits per heavy atom. The van der Waals surface area contributed by atoms with Crippen molar-refractivity contribution in [3.05, 3.63) is 53.6 Å². The van der Waals surface area contributed by atoms with E-state index in [0.29, 0.717) is 11.5 Å². The summed E-state index contributed by atoms with van der Waals surface area (Å²) in [6, 6.07) is 13.0. The van der Waals surface area contributed by atoms with Crippen LogP contribution in [-0.2, 0) is 9.59 Å². The minimum absolute atomic E-state index is 0.138. The SMILES string of the molecule is Cc1cccc(C)c1NC(=O)CNC(=O)[C@@H]1Oc2ccccc2O[C@H]1C. The zero-order chi connectivity index (χ0) is 18.7. The fourth-order valence-corrected chi connectivity index (χ4v) is 2.87. The van der Waals surface area contributed by atoms with Gasteiger partial charge in [-0.05, 0) is 44.0 Å². The van der Waals surface area contributed by atoms with E-state index in [-0.39, 0.29) is 18.4 Å². The first-order valence-electron chi connectivity index (χ1n) is 8.52. The number of aryl methyl sites for hydroxylation is 2. The first-order valence-corrected chi connectivity index (χ1v) is 8.52. The number of fused-ring (bicyclic) bond motifs is 1. The van der Waals surface area contributed by atoms with E-state index in [1.54, 1.807) is 19.1 Å². The van der Waals surface area contributed by atoms with Gasteiger partial charge in [-0.2, -0.15) is 0 Å². The predicted molar refractivity (Wildman–Crippen MR) is 98.5 cm³/mol. The van der Waals surface area contributed by atoms with Crippen molar-refractivity contribution in [3.63, 3.8) is 0 Å². The van der Waals surface area contributed by atoms with Crippen LogP contribution in [0.15, 0.2) is 42.5 Å². The second-order valence-electron chi connectivity index (χ2n) is 6.34. The molecule has 136 valence electrons. The van der Waals surface area contributed by atoms with Gasteiger partial charge in [0.2, 0.25) is 12.0 Å². The molecule has 1 heterocycles. The first-order chi connectivity index (χ1) is 12.5. The van der Waals surface area contributed by atoms with Crippen molar-refractivity contribution < 1.29 is 19.1 Å².